The fourth-order valence-corrected chi connectivity index (χ4v) is 3.76. The Kier molecular flexibility index (Phi) is 5.37. The highest BCUT2D eigenvalue weighted by Crippen LogP contribution is 2.22. The van der Waals surface area contributed by atoms with Gasteiger partial charge in [-0.15, -0.1) is 0 Å². The minimum Gasteiger partial charge on any atom is -0.349 e. The lowest BCUT2D eigenvalue weighted by Gasteiger charge is -2.30. The van der Waals surface area contributed by atoms with Gasteiger partial charge in [0.1, 0.15) is 0 Å². The Morgan fingerprint density at radius 3 is 2.32 bits per heavy atom. The number of nitrogens with zero attached hydrogens (tertiary/aromatic N) is 2. The Hall–Kier alpha value is -1.66. The van der Waals surface area contributed by atoms with E-state index in [1.165, 1.54) is 9.71 Å². The van der Waals surface area contributed by atoms with E-state index in [2.05, 4.69) is 0 Å². The van der Waals surface area contributed by atoms with Crippen LogP contribution in [-0.4, -0.2) is 50.7 Å². The molecule has 0 unspecified atom stereocenters. The molecule has 0 bridgehead atoms. The number of piperidine rings is 1. The van der Waals surface area contributed by atoms with Gasteiger partial charge >= 0.3 is 0 Å². The van der Waals surface area contributed by atoms with Crippen LogP contribution in [0, 0.1) is 5.92 Å². The molecule has 6 heteroatoms. The number of rotatable bonds is 4. The molecular weight excluding hydrogens is 300 g/mol. The molecule has 1 aromatic rings. The first kappa shape index (κ1) is 16.7. The molecule has 0 spiro atoms. The minimum absolute atomic E-state index is 0.0699. The Labute approximate surface area is 132 Å². The number of carbonyl (C=O) groups is 1. The summed E-state index contributed by atoms with van der Waals surface area (Å²) in [7, 11) is 0.0374. The molecule has 0 N–H and O–H groups in total. The predicted octanol–water partition coefficient (Wildman–Crippen LogP) is 1.79. The Balaban J connectivity index is 1.98. The van der Waals surface area contributed by atoms with Gasteiger partial charge in [-0.25, -0.2) is 8.42 Å². The highest BCUT2D eigenvalue weighted by atomic mass is 32.2. The van der Waals surface area contributed by atoms with Gasteiger partial charge in [0.05, 0.1) is 0 Å². The lowest BCUT2D eigenvalue weighted by atomic mass is 9.97. The standard InChI is InChI=1S/C16H22N2O3S/c1-17(2)16(19)15-8-11-18(12-9-15)22(20,21)13-10-14-6-4-3-5-7-14/h3-7,10,13,15H,8-9,11-12H2,1-2H3/b13-10+. The smallest absolute Gasteiger partial charge is 0.236 e. The van der Waals surface area contributed by atoms with Crippen molar-refractivity contribution in [3.63, 3.8) is 0 Å². The lowest BCUT2D eigenvalue weighted by molar-refractivity contribution is -0.134. The summed E-state index contributed by atoms with van der Waals surface area (Å²) in [5, 5.41) is 1.25. The van der Waals surface area contributed by atoms with Gasteiger partial charge in [-0.05, 0) is 24.5 Å². The molecular formula is C16H22N2O3S. The van der Waals surface area contributed by atoms with E-state index in [1.807, 2.05) is 30.3 Å². The second-order valence-electron chi connectivity index (χ2n) is 5.66. The van der Waals surface area contributed by atoms with Crippen molar-refractivity contribution in [1.82, 2.24) is 9.21 Å². The van der Waals surface area contributed by atoms with Crippen molar-refractivity contribution in [2.75, 3.05) is 27.2 Å². The van der Waals surface area contributed by atoms with E-state index in [0.29, 0.717) is 25.9 Å². The van der Waals surface area contributed by atoms with E-state index < -0.39 is 10.0 Å². The van der Waals surface area contributed by atoms with Crippen LogP contribution in [0.2, 0.25) is 0 Å². The van der Waals surface area contributed by atoms with Crippen LogP contribution in [0.4, 0.5) is 0 Å². The molecule has 0 aromatic heterocycles. The third-order valence-electron chi connectivity index (χ3n) is 3.84. The molecule has 1 aromatic carbocycles. The SMILES string of the molecule is CN(C)C(=O)C1CCN(S(=O)(=O)/C=C/c2ccccc2)CC1. The van der Waals surface area contributed by atoms with Gasteiger partial charge in [-0.2, -0.15) is 4.31 Å². The molecule has 1 aliphatic heterocycles. The molecule has 1 aliphatic rings. The monoisotopic (exact) mass is 322 g/mol. The van der Waals surface area contributed by atoms with Crippen LogP contribution in [0.15, 0.2) is 35.7 Å². The lowest BCUT2D eigenvalue weighted by Crippen LogP contribution is -2.42. The number of hydrogen-bond donors (Lipinski definition) is 0. The fourth-order valence-electron chi connectivity index (χ4n) is 2.54. The summed E-state index contributed by atoms with van der Waals surface area (Å²) in [5.41, 5.74) is 0.851. The van der Waals surface area contributed by atoms with E-state index in [4.69, 9.17) is 0 Å². The maximum Gasteiger partial charge on any atom is 0.236 e. The molecule has 1 amide bonds. The van der Waals surface area contributed by atoms with Crippen LogP contribution < -0.4 is 0 Å². The number of sulfonamides is 1. The van der Waals surface area contributed by atoms with Crippen LogP contribution in [0.25, 0.3) is 6.08 Å². The van der Waals surface area contributed by atoms with E-state index in [9.17, 15) is 13.2 Å². The van der Waals surface area contributed by atoms with E-state index in [-0.39, 0.29) is 11.8 Å². The second kappa shape index (κ2) is 7.07. The molecule has 0 saturated carbocycles. The van der Waals surface area contributed by atoms with Gasteiger partial charge in [-0.1, -0.05) is 30.3 Å². The van der Waals surface area contributed by atoms with Crippen LogP contribution in [0.5, 0.6) is 0 Å². The van der Waals surface area contributed by atoms with E-state index in [1.54, 1.807) is 25.1 Å². The van der Waals surface area contributed by atoms with Crippen molar-refractivity contribution in [3.05, 3.63) is 41.3 Å². The maximum atomic E-state index is 12.3. The molecule has 2 rings (SSSR count). The number of carbonyl (C=O) groups excluding carboxylic acids is 1. The zero-order valence-electron chi connectivity index (χ0n) is 13.0. The number of hydrogen-bond acceptors (Lipinski definition) is 3. The predicted molar refractivity (Wildman–Crippen MR) is 87.4 cm³/mol. The summed E-state index contributed by atoms with van der Waals surface area (Å²) in [6.07, 6.45) is 2.76. The third-order valence-corrected chi connectivity index (χ3v) is 5.40. The minimum atomic E-state index is -3.42. The Morgan fingerprint density at radius 2 is 1.77 bits per heavy atom. The second-order valence-corrected chi connectivity index (χ2v) is 7.48. The van der Waals surface area contributed by atoms with Gasteiger partial charge in [0.15, 0.2) is 0 Å². The molecule has 22 heavy (non-hydrogen) atoms. The summed E-state index contributed by atoms with van der Waals surface area (Å²) in [4.78, 5) is 13.5. The summed E-state index contributed by atoms with van der Waals surface area (Å²) >= 11 is 0. The Bertz CT molecular complexity index is 631. The van der Waals surface area contributed by atoms with Gasteiger partial charge in [-0.3, -0.25) is 4.79 Å². The molecule has 0 atom stereocenters. The molecule has 5 nitrogen and oxygen atoms in total. The van der Waals surface area contributed by atoms with Crippen molar-refractivity contribution >= 4 is 22.0 Å². The van der Waals surface area contributed by atoms with Crippen molar-refractivity contribution in [2.24, 2.45) is 5.92 Å². The highest BCUT2D eigenvalue weighted by Gasteiger charge is 2.30. The molecule has 0 radical (unpaired) electrons. The molecule has 0 aliphatic carbocycles. The fraction of sp³-hybridized carbons (Fsp3) is 0.438. The maximum absolute atomic E-state index is 12.3. The van der Waals surface area contributed by atoms with Crippen LogP contribution in [0.3, 0.4) is 0 Å². The quantitative estimate of drug-likeness (QED) is 0.849. The number of benzene rings is 1. The van der Waals surface area contributed by atoms with Crippen LogP contribution in [0.1, 0.15) is 18.4 Å². The first-order valence-corrected chi connectivity index (χ1v) is 8.85. The average Bonchev–Trinajstić information content (AvgIpc) is 2.53. The van der Waals surface area contributed by atoms with Gasteiger partial charge in [0, 0.05) is 38.5 Å². The number of amides is 1. The Morgan fingerprint density at radius 1 is 1.18 bits per heavy atom. The van der Waals surface area contributed by atoms with Crippen molar-refractivity contribution in [2.45, 2.75) is 12.8 Å². The van der Waals surface area contributed by atoms with E-state index >= 15 is 0 Å². The first-order chi connectivity index (χ1) is 10.4. The average molecular weight is 322 g/mol. The zero-order valence-corrected chi connectivity index (χ0v) is 13.8. The van der Waals surface area contributed by atoms with Crippen LogP contribution >= 0.6 is 0 Å². The largest absolute Gasteiger partial charge is 0.349 e. The van der Waals surface area contributed by atoms with Crippen molar-refractivity contribution in [3.8, 4) is 0 Å². The molecule has 1 heterocycles. The van der Waals surface area contributed by atoms with Gasteiger partial charge < -0.3 is 4.90 Å². The molecule has 120 valence electrons. The van der Waals surface area contributed by atoms with Gasteiger partial charge in [0.2, 0.25) is 15.9 Å². The summed E-state index contributed by atoms with van der Waals surface area (Å²) in [5.74, 6) is 0.0106. The molecule has 1 saturated heterocycles. The summed E-state index contributed by atoms with van der Waals surface area (Å²) in [6.45, 7) is 0.789. The normalized spacial score (nSPS) is 17.7. The topological polar surface area (TPSA) is 57.7 Å². The van der Waals surface area contributed by atoms with E-state index in [0.717, 1.165) is 5.56 Å². The zero-order chi connectivity index (χ0) is 16.2. The highest BCUT2D eigenvalue weighted by molar-refractivity contribution is 7.92. The summed E-state index contributed by atoms with van der Waals surface area (Å²) in [6, 6.07) is 9.33. The van der Waals surface area contributed by atoms with Crippen molar-refractivity contribution < 1.29 is 13.2 Å². The van der Waals surface area contributed by atoms with Crippen LogP contribution in [-0.2, 0) is 14.8 Å². The van der Waals surface area contributed by atoms with Crippen molar-refractivity contribution in [1.29, 1.82) is 0 Å². The molecule has 1 fully saturated rings. The summed E-state index contributed by atoms with van der Waals surface area (Å²) < 4.78 is 26.1. The van der Waals surface area contributed by atoms with Gasteiger partial charge in [0.25, 0.3) is 0 Å². The first-order valence-electron chi connectivity index (χ1n) is 7.34. The third kappa shape index (κ3) is 4.18.